The lowest BCUT2D eigenvalue weighted by Crippen LogP contribution is -2.34. The number of halogens is 1. The zero-order chi connectivity index (χ0) is 15.8. The van der Waals surface area contributed by atoms with E-state index in [-0.39, 0.29) is 18.3 Å². The van der Waals surface area contributed by atoms with Gasteiger partial charge in [-0.1, -0.05) is 36.4 Å². The van der Waals surface area contributed by atoms with Gasteiger partial charge in [0.1, 0.15) is 6.10 Å². The van der Waals surface area contributed by atoms with Crippen molar-refractivity contribution < 1.29 is 9.90 Å². The number of benzene rings is 1. The molecule has 3 N–H and O–H groups in total. The zero-order valence-corrected chi connectivity index (χ0v) is 14.6. The fourth-order valence-electron chi connectivity index (χ4n) is 2.25. The van der Waals surface area contributed by atoms with Crippen LogP contribution in [-0.2, 0) is 11.3 Å². The van der Waals surface area contributed by atoms with Crippen LogP contribution in [-0.4, -0.2) is 29.0 Å². The van der Waals surface area contributed by atoms with Crippen LogP contribution in [0, 0.1) is 0 Å². The molecule has 0 aliphatic rings. The second-order valence-electron chi connectivity index (χ2n) is 5.18. The van der Waals surface area contributed by atoms with Crippen molar-refractivity contribution >= 4 is 29.7 Å². The third kappa shape index (κ3) is 6.31. The summed E-state index contributed by atoms with van der Waals surface area (Å²) in [5, 5.41) is 12.3. The maximum Gasteiger partial charge on any atom is 0.223 e. The molecule has 0 radical (unpaired) electrons. The van der Waals surface area contributed by atoms with Crippen molar-refractivity contribution in [2.24, 2.45) is 5.73 Å². The third-order valence-electron chi connectivity index (χ3n) is 3.43. The van der Waals surface area contributed by atoms with Gasteiger partial charge in [-0.25, -0.2) is 0 Å². The Bertz CT molecular complexity index is 563. The molecule has 4 nitrogen and oxygen atoms in total. The summed E-state index contributed by atoms with van der Waals surface area (Å²) >= 11 is 1.50. The Hall–Kier alpha value is -1.40. The average molecular weight is 355 g/mol. The fraction of sp³-hybridized carbons (Fsp3) is 0.353. The lowest BCUT2D eigenvalue weighted by atomic mass is 10.1. The molecule has 23 heavy (non-hydrogen) atoms. The first-order chi connectivity index (χ1) is 10.7. The van der Waals surface area contributed by atoms with E-state index in [2.05, 4.69) is 0 Å². The van der Waals surface area contributed by atoms with Gasteiger partial charge in [-0.3, -0.25) is 4.79 Å². The molecule has 0 aliphatic carbocycles. The van der Waals surface area contributed by atoms with Crippen molar-refractivity contribution in [3.63, 3.8) is 0 Å². The summed E-state index contributed by atoms with van der Waals surface area (Å²) in [7, 11) is 0. The summed E-state index contributed by atoms with van der Waals surface area (Å²) < 4.78 is 0. The van der Waals surface area contributed by atoms with Crippen molar-refractivity contribution in [1.82, 2.24) is 4.90 Å². The molecular weight excluding hydrogens is 332 g/mol. The number of amides is 1. The molecule has 0 saturated heterocycles. The van der Waals surface area contributed by atoms with Gasteiger partial charge in [-0.15, -0.1) is 23.7 Å². The number of carbonyl (C=O) groups is 1. The predicted octanol–water partition coefficient (Wildman–Crippen LogP) is 2.97. The van der Waals surface area contributed by atoms with Crippen LogP contribution in [0.15, 0.2) is 47.8 Å². The summed E-state index contributed by atoms with van der Waals surface area (Å²) in [6, 6.07) is 13.6. The first kappa shape index (κ1) is 19.6. The van der Waals surface area contributed by atoms with Crippen LogP contribution in [0.25, 0.3) is 0 Å². The van der Waals surface area contributed by atoms with Gasteiger partial charge in [0, 0.05) is 17.8 Å². The Morgan fingerprint density at radius 3 is 2.57 bits per heavy atom. The van der Waals surface area contributed by atoms with Crippen molar-refractivity contribution in [3.8, 4) is 0 Å². The Morgan fingerprint density at radius 1 is 1.22 bits per heavy atom. The van der Waals surface area contributed by atoms with Gasteiger partial charge in [-0.05, 0) is 30.0 Å². The Labute approximate surface area is 147 Å². The number of aliphatic hydroxyl groups is 1. The number of hydrogen-bond donors (Lipinski definition) is 2. The highest BCUT2D eigenvalue weighted by molar-refractivity contribution is 7.10. The predicted molar refractivity (Wildman–Crippen MR) is 96.7 cm³/mol. The first-order valence-corrected chi connectivity index (χ1v) is 8.32. The molecule has 2 aromatic rings. The van der Waals surface area contributed by atoms with Crippen LogP contribution in [0.3, 0.4) is 0 Å². The number of hydrogen-bond acceptors (Lipinski definition) is 4. The van der Waals surface area contributed by atoms with Gasteiger partial charge in [0.2, 0.25) is 5.91 Å². The number of carbonyl (C=O) groups excluding carboxylic acids is 1. The van der Waals surface area contributed by atoms with Gasteiger partial charge < -0.3 is 15.7 Å². The minimum absolute atomic E-state index is 0. The second kappa shape index (κ2) is 10.4. The number of rotatable bonds is 8. The fourth-order valence-corrected chi connectivity index (χ4v) is 2.95. The first-order valence-electron chi connectivity index (χ1n) is 7.44. The van der Waals surface area contributed by atoms with Gasteiger partial charge >= 0.3 is 0 Å². The third-order valence-corrected chi connectivity index (χ3v) is 4.40. The SMILES string of the molecule is Cl.NCCCC(=O)N(Cc1ccccc1)CC(O)c1cccs1. The lowest BCUT2D eigenvalue weighted by Gasteiger charge is -2.25. The molecule has 1 atom stereocenters. The summed E-state index contributed by atoms with van der Waals surface area (Å²) in [6.07, 6.45) is 0.435. The molecule has 1 aromatic heterocycles. The number of nitrogens with two attached hydrogens (primary N) is 1. The van der Waals surface area contributed by atoms with Gasteiger partial charge in [0.05, 0.1) is 6.54 Å². The standard InChI is InChI=1S/C17H22N2O2S.ClH/c18-10-4-9-17(21)19(12-14-6-2-1-3-7-14)13-15(20)16-8-5-11-22-16;/h1-3,5-8,11,15,20H,4,9-10,12-13,18H2;1H. The van der Waals surface area contributed by atoms with E-state index < -0.39 is 6.10 Å². The maximum absolute atomic E-state index is 12.4. The minimum atomic E-state index is -0.648. The van der Waals surface area contributed by atoms with E-state index in [0.717, 1.165) is 10.4 Å². The highest BCUT2D eigenvalue weighted by Crippen LogP contribution is 2.21. The lowest BCUT2D eigenvalue weighted by molar-refractivity contribution is -0.133. The molecule has 0 saturated carbocycles. The monoisotopic (exact) mass is 354 g/mol. The second-order valence-corrected chi connectivity index (χ2v) is 6.16. The summed E-state index contributed by atoms with van der Waals surface area (Å²) in [5.41, 5.74) is 6.55. The van der Waals surface area contributed by atoms with E-state index in [9.17, 15) is 9.90 Å². The van der Waals surface area contributed by atoms with Crippen LogP contribution in [0.4, 0.5) is 0 Å². The van der Waals surface area contributed by atoms with Gasteiger partial charge in [0.25, 0.3) is 0 Å². The van der Waals surface area contributed by atoms with Crippen LogP contribution in [0.5, 0.6) is 0 Å². The van der Waals surface area contributed by atoms with E-state index >= 15 is 0 Å². The molecule has 0 bridgehead atoms. The molecule has 6 heteroatoms. The molecule has 2 rings (SSSR count). The summed E-state index contributed by atoms with van der Waals surface area (Å²) in [5.74, 6) is 0.0323. The molecule has 0 spiro atoms. The molecule has 1 heterocycles. The van der Waals surface area contributed by atoms with E-state index in [1.807, 2.05) is 47.8 Å². The maximum atomic E-state index is 12.4. The van der Waals surface area contributed by atoms with Crippen molar-refractivity contribution in [2.75, 3.05) is 13.1 Å². The normalized spacial score (nSPS) is 11.6. The van der Waals surface area contributed by atoms with Crippen molar-refractivity contribution in [3.05, 3.63) is 58.3 Å². The van der Waals surface area contributed by atoms with E-state index in [4.69, 9.17) is 5.73 Å². The largest absolute Gasteiger partial charge is 0.386 e. The van der Waals surface area contributed by atoms with E-state index in [1.165, 1.54) is 11.3 Å². The molecule has 1 unspecified atom stereocenters. The molecule has 0 aliphatic heterocycles. The molecule has 0 fully saturated rings. The van der Waals surface area contributed by atoms with Crippen LogP contribution in [0.1, 0.15) is 29.4 Å². The van der Waals surface area contributed by atoms with Gasteiger partial charge in [0.15, 0.2) is 0 Å². The van der Waals surface area contributed by atoms with Crippen LogP contribution in [0.2, 0.25) is 0 Å². The Kier molecular flexibility index (Phi) is 8.87. The molecule has 1 amide bonds. The summed E-state index contributed by atoms with van der Waals surface area (Å²) in [6.45, 7) is 1.31. The summed E-state index contributed by atoms with van der Waals surface area (Å²) in [4.78, 5) is 15.0. The molecule has 126 valence electrons. The molecule has 1 aromatic carbocycles. The topological polar surface area (TPSA) is 66.6 Å². The number of aliphatic hydroxyl groups excluding tert-OH is 1. The number of nitrogens with zero attached hydrogens (tertiary/aromatic N) is 1. The molecular formula is C17H23ClN2O2S. The zero-order valence-electron chi connectivity index (χ0n) is 12.9. The van der Waals surface area contributed by atoms with Gasteiger partial charge in [-0.2, -0.15) is 0 Å². The Morgan fingerprint density at radius 2 is 1.96 bits per heavy atom. The minimum Gasteiger partial charge on any atom is -0.386 e. The number of thiophene rings is 1. The highest BCUT2D eigenvalue weighted by Gasteiger charge is 2.19. The quantitative estimate of drug-likeness (QED) is 0.765. The van der Waals surface area contributed by atoms with Crippen molar-refractivity contribution in [1.29, 1.82) is 0 Å². The van der Waals surface area contributed by atoms with Crippen LogP contribution < -0.4 is 5.73 Å². The Balaban J connectivity index is 0.00000264. The van der Waals surface area contributed by atoms with Crippen molar-refractivity contribution in [2.45, 2.75) is 25.5 Å². The smallest absolute Gasteiger partial charge is 0.223 e. The highest BCUT2D eigenvalue weighted by atomic mass is 35.5. The average Bonchev–Trinajstić information content (AvgIpc) is 3.07. The van der Waals surface area contributed by atoms with Crippen LogP contribution >= 0.6 is 23.7 Å². The van der Waals surface area contributed by atoms with E-state index in [0.29, 0.717) is 32.5 Å². The van der Waals surface area contributed by atoms with E-state index in [1.54, 1.807) is 4.90 Å².